The van der Waals surface area contributed by atoms with E-state index in [1.165, 1.54) is 5.56 Å². The van der Waals surface area contributed by atoms with Crippen molar-refractivity contribution in [3.05, 3.63) is 102 Å². The zero-order chi connectivity index (χ0) is 22.6. The van der Waals surface area contributed by atoms with Crippen molar-refractivity contribution in [2.45, 2.75) is 25.4 Å². The van der Waals surface area contributed by atoms with Crippen molar-refractivity contribution in [1.82, 2.24) is 5.32 Å². The summed E-state index contributed by atoms with van der Waals surface area (Å²) in [7, 11) is -3.12. The molecule has 5 nitrogen and oxygen atoms in total. The van der Waals surface area contributed by atoms with E-state index in [4.69, 9.17) is 0 Å². The molecule has 1 heterocycles. The largest absolute Gasteiger partial charge is 0.307 e. The lowest BCUT2D eigenvalue weighted by atomic mass is 9.98. The van der Waals surface area contributed by atoms with Crippen molar-refractivity contribution in [2.75, 3.05) is 23.0 Å². The van der Waals surface area contributed by atoms with Crippen LogP contribution in [0.15, 0.2) is 84.9 Å². The van der Waals surface area contributed by atoms with Crippen LogP contribution in [0, 0.1) is 6.92 Å². The second-order valence-electron chi connectivity index (χ2n) is 8.29. The Morgan fingerprint density at radius 1 is 0.938 bits per heavy atom. The molecule has 3 aromatic carbocycles. The molecule has 3 aromatic rings. The SMILES string of the molecule is Cc1ccc([C@H](NCC(=O)N(c2ccccc2)[C@@H]2CCS(=O)(=O)C2)c2ccccc2)cc1. The summed E-state index contributed by atoms with van der Waals surface area (Å²) in [4.78, 5) is 15.1. The van der Waals surface area contributed by atoms with Crippen LogP contribution in [0.2, 0.25) is 0 Å². The number of benzene rings is 3. The lowest BCUT2D eigenvalue weighted by molar-refractivity contribution is -0.118. The standard InChI is InChI=1S/C26H28N2O3S/c1-20-12-14-22(15-13-20)26(21-8-4-2-5-9-21)27-18-25(29)28(23-10-6-3-7-11-23)24-16-17-32(30,31)19-24/h2-15,24,26-27H,16-19H2,1H3/t24-,26-/m1/s1. The molecule has 0 aromatic heterocycles. The Morgan fingerprint density at radius 2 is 1.53 bits per heavy atom. The van der Waals surface area contributed by atoms with Gasteiger partial charge in [-0.3, -0.25) is 10.1 Å². The van der Waals surface area contributed by atoms with Gasteiger partial charge < -0.3 is 4.90 Å². The summed E-state index contributed by atoms with van der Waals surface area (Å²) in [6, 6.07) is 27.1. The van der Waals surface area contributed by atoms with Gasteiger partial charge in [0.2, 0.25) is 5.91 Å². The van der Waals surface area contributed by atoms with Crippen LogP contribution in [0.1, 0.15) is 29.2 Å². The average Bonchev–Trinajstić information content (AvgIpc) is 3.16. The van der Waals surface area contributed by atoms with Gasteiger partial charge in [-0.05, 0) is 36.6 Å². The van der Waals surface area contributed by atoms with Gasteiger partial charge in [0.15, 0.2) is 9.84 Å². The third kappa shape index (κ3) is 5.26. The molecule has 1 aliphatic rings. The molecule has 1 amide bonds. The number of para-hydroxylation sites is 1. The highest BCUT2D eigenvalue weighted by Crippen LogP contribution is 2.26. The first-order valence-corrected chi connectivity index (χ1v) is 12.7. The summed E-state index contributed by atoms with van der Waals surface area (Å²) in [5.74, 6) is -0.00263. The minimum absolute atomic E-state index is 0.00765. The Labute approximate surface area is 190 Å². The quantitative estimate of drug-likeness (QED) is 0.595. The summed E-state index contributed by atoms with van der Waals surface area (Å²) in [5.41, 5.74) is 4.05. The lowest BCUT2D eigenvalue weighted by Crippen LogP contribution is -2.46. The number of hydrogen-bond acceptors (Lipinski definition) is 4. The smallest absolute Gasteiger partial charge is 0.241 e. The van der Waals surface area contributed by atoms with Crippen LogP contribution < -0.4 is 10.2 Å². The van der Waals surface area contributed by atoms with Crippen LogP contribution in [-0.2, 0) is 14.6 Å². The van der Waals surface area contributed by atoms with E-state index in [0.29, 0.717) is 6.42 Å². The molecule has 1 aliphatic heterocycles. The van der Waals surface area contributed by atoms with Crippen LogP contribution >= 0.6 is 0 Å². The molecule has 0 unspecified atom stereocenters. The first kappa shape index (κ1) is 22.2. The molecule has 0 bridgehead atoms. The van der Waals surface area contributed by atoms with E-state index in [1.54, 1.807) is 4.90 Å². The third-order valence-corrected chi connectivity index (χ3v) is 7.63. The van der Waals surface area contributed by atoms with Crippen molar-refractivity contribution in [2.24, 2.45) is 0 Å². The van der Waals surface area contributed by atoms with Gasteiger partial charge in [-0.15, -0.1) is 0 Å². The molecule has 1 saturated heterocycles. The van der Waals surface area contributed by atoms with Gasteiger partial charge in [-0.25, -0.2) is 8.42 Å². The van der Waals surface area contributed by atoms with Gasteiger partial charge in [0.25, 0.3) is 0 Å². The molecule has 2 atom stereocenters. The van der Waals surface area contributed by atoms with Crippen molar-refractivity contribution in [3.63, 3.8) is 0 Å². The molecule has 32 heavy (non-hydrogen) atoms. The van der Waals surface area contributed by atoms with Gasteiger partial charge in [-0.1, -0.05) is 78.4 Å². The van der Waals surface area contributed by atoms with E-state index in [0.717, 1.165) is 16.8 Å². The zero-order valence-electron chi connectivity index (χ0n) is 18.1. The van der Waals surface area contributed by atoms with E-state index < -0.39 is 9.84 Å². The maximum Gasteiger partial charge on any atom is 0.241 e. The van der Waals surface area contributed by atoms with Crippen molar-refractivity contribution < 1.29 is 13.2 Å². The molecule has 1 N–H and O–H groups in total. The highest BCUT2D eigenvalue weighted by Gasteiger charge is 2.35. The fraction of sp³-hybridized carbons (Fsp3) is 0.269. The van der Waals surface area contributed by atoms with Crippen LogP contribution in [0.5, 0.6) is 0 Å². The summed E-state index contributed by atoms with van der Waals surface area (Å²) in [5, 5.41) is 3.43. The number of amides is 1. The topological polar surface area (TPSA) is 66.5 Å². The maximum atomic E-state index is 13.4. The molecular formula is C26H28N2O3S. The molecule has 0 saturated carbocycles. The lowest BCUT2D eigenvalue weighted by Gasteiger charge is -2.29. The molecular weight excluding hydrogens is 420 g/mol. The summed E-state index contributed by atoms with van der Waals surface area (Å²) in [6.07, 6.45) is 0.461. The fourth-order valence-electron chi connectivity index (χ4n) is 4.23. The highest BCUT2D eigenvalue weighted by atomic mass is 32.2. The van der Waals surface area contributed by atoms with Crippen molar-refractivity contribution in [3.8, 4) is 0 Å². The van der Waals surface area contributed by atoms with E-state index in [1.807, 2.05) is 67.6 Å². The Hall–Kier alpha value is -2.96. The molecule has 0 aliphatic carbocycles. The number of nitrogens with zero attached hydrogens (tertiary/aromatic N) is 1. The zero-order valence-corrected chi connectivity index (χ0v) is 19.0. The summed E-state index contributed by atoms with van der Waals surface area (Å²) in [6.45, 7) is 2.14. The van der Waals surface area contributed by atoms with E-state index in [-0.39, 0.29) is 36.0 Å². The van der Waals surface area contributed by atoms with Gasteiger partial charge in [-0.2, -0.15) is 0 Å². The summed E-state index contributed by atoms with van der Waals surface area (Å²) >= 11 is 0. The highest BCUT2D eigenvalue weighted by molar-refractivity contribution is 7.91. The fourth-order valence-corrected chi connectivity index (χ4v) is 5.93. The van der Waals surface area contributed by atoms with Gasteiger partial charge in [0.1, 0.15) is 0 Å². The number of sulfone groups is 1. The van der Waals surface area contributed by atoms with Gasteiger partial charge in [0.05, 0.1) is 30.1 Å². The summed E-state index contributed by atoms with van der Waals surface area (Å²) < 4.78 is 24.2. The van der Waals surface area contributed by atoms with E-state index in [9.17, 15) is 13.2 Å². The van der Waals surface area contributed by atoms with E-state index >= 15 is 0 Å². The number of aryl methyl sites for hydroxylation is 1. The molecule has 1 fully saturated rings. The Bertz CT molecular complexity index is 1150. The molecule has 4 rings (SSSR count). The van der Waals surface area contributed by atoms with Crippen LogP contribution in [0.25, 0.3) is 0 Å². The number of carbonyl (C=O) groups is 1. The van der Waals surface area contributed by atoms with Crippen LogP contribution in [0.3, 0.4) is 0 Å². The number of nitrogens with one attached hydrogen (secondary N) is 1. The Balaban J connectivity index is 1.58. The van der Waals surface area contributed by atoms with Gasteiger partial charge in [0, 0.05) is 5.69 Å². The first-order valence-electron chi connectivity index (χ1n) is 10.9. The normalized spacial score (nSPS) is 18.2. The number of anilines is 1. The second kappa shape index (κ2) is 9.67. The molecule has 0 spiro atoms. The number of carbonyl (C=O) groups excluding carboxylic acids is 1. The molecule has 6 heteroatoms. The minimum atomic E-state index is -3.12. The average molecular weight is 449 g/mol. The molecule has 166 valence electrons. The Kier molecular flexibility index (Phi) is 6.72. The van der Waals surface area contributed by atoms with Crippen LogP contribution in [-0.4, -0.2) is 38.4 Å². The monoisotopic (exact) mass is 448 g/mol. The third-order valence-electron chi connectivity index (χ3n) is 5.88. The predicted octanol–water partition coefficient (Wildman–Crippen LogP) is 3.89. The predicted molar refractivity (Wildman–Crippen MR) is 128 cm³/mol. The van der Waals surface area contributed by atoms with Crippen molar-refractivity contribution in [1.29, 1.82) is 0 Å². The molecule has 0 radical (unpaired) electrons. The maximum absolute atomic E-state index is 13.4. The number of hydrogen-bond donors (Lipinski definition) is 1. The van der Waals surface area contributed by atoms with Crippen molar-refractivity contribution >= 4 is 21.4 Å². The van der Waals surface area contributed by atoms with Gasteiger partial charge >= 0.3 is 0 Å². The minimum Gasteiger partial charge on any atom is -0.307 e. The number of rotatable bonds is 7. The second-order valence-corrected chi connectivity index (χ2v) is 10.5. The van der Waals surface area contributed by atoms with E-state index in [2.05, 4.69) is 29.6 Å². The van der Waals surface area contributed by atoms with Crippen LogP contribution in [0.4, 0.5) is 5.69 Å². The Morgan fingerprint density at radius 3 is 2.12 bits per heavy atom. The first-order chi connectivity index (χ1) is 15.4.